The molecule has 12 heteroatoms. The minimum atomic E-state index is -0.705. The molecular weight excluding hydrogens is 496 g/mol. The third kappa shape index (κ3) is 5.22. The molecule has 5 N–H and O–H groups in total. The Hall–Kier alpha value is -2.86. The van der Waals surface area contributed by atoms with E-state index in [0.717, 1.165) is 11.3 Å². The maximum Gasteiger partial charge on any atom is 0.318 e. The summed E-state index contributed by atoms with van der Waals surface area (Å²) in [5.41, 5.74) is 11.9. The minimum absolute atomic E-state index is 0.00329. The van der Waals surface area contributed by atoms with Gasteiger partial charge in [0.05, 0.1) is 22.3 Å². The minimum Gasteiger partial charge on any atom is -0.467 e. The average molecular weight is 522 g/mol. The predicted octanol–water partition coefficient (Wildman–Crippen LogP) is 4.51. The van der Waals surface area contributed by atoms with E-state index in [0.29, 0.717) is 29.9 Å². The zero-order valence-corrected chi connectivity index (χ0v) is 20.9. The van der Waals surface area contributed by atoms with Crippen LogP contribution in [-0.2, 0) is 0 Å². The van der Waals surface area contributed by atoms with Gasteiger partial charge in [0, 0.05) is 29.6 Å². The number of rotatable bonds is 5. The quantitative estimate of drug-likeness (QED) is 0.351. The standard InChI is InChI=1S/C18H15ClF2N6OS.C5H11N/c1-28-18-26-13-8(16(27-18)24-5-4-22)6-9(19)11(12(13)21)7-2-3-10(20)15-14(7)25-17(23)29-15;1-6-4-2-3-5-6/h2-3,6H,4-5,22H2,1H3,(H2,23,25)(H,24,26,27);2-5H2,1H3. The number of aromatic nitrogens is 3. The zero-order chi connectivity index (χ0) is 25.1. The van der Waals surface area contributed by atoms with Crippen LogP contribution < -0.4 is 21.5 Å². The molecule has 3 heterocycles. The molecule has 1 saturated heterocycles. The Morgan fingerprint density at radius 1 is 1.17 bits per heavy atom. The molecular formula is C23H26ClF2N7OS. The molecule has 0 atom stereocenters. The number of anilines is 2. The van der Waals surface area contributed by atoms with Crippen molar-refractivity contribution < 1.29 is 13.5 Å². The van der Waals surface area contributed by atoms with Crippen molar-refractivity contribution in [2.45, 2.75) is 12.8 Å². The highest BCUT2D eigenvalue weighted by molar-refractivity contribution is 7.22. The van der Waals surface area contributed by atoms with Gasteiger partial charge in [-0.25, -0.2) is 13.8 Å². The normalized spacial score (nSPS) is 13.8. The lowest BCUT2D eigenvalue weighted by atomic mass is 10.0. The van der Waals surface area contributed by atoms with Crippen LogP contribution in [0.25, 0.3) is 32.2 Å². The van der Waals surface area contributed by atoms with E-state index in [-0.39, 0.29) is 37.5 Å². The van der Waals surface area contributed by atoms with Gasteiger partial charge < -0.3 is 26.4 Å². The lowest BCUT2D eigenvalue weighted by Crippen LogP contribution is -2.14. The molecule has 0 unspecified atom stereocenters. The van der Waals surface area contributed by atoms with Gasteiger partial charge in [0.2, 0.25) is 0 Å². The summed E-state index contributed by atoms with van der Waals surface area (Å²) >= 11 is 7.42. The van der Waals surface area contributed by atoms with Crippen LogP contribution in [0.3, 0.4) is 0 Å². The third-order valence-corrected chi connectivity index (χ3v) is 6.78. The lowest BCUT2D eigenvalue weighted by Gasteiger charge is -2.14. The first-order chi connectivity index (χ1) is 16.8. The van der Waals surface area contributed by atoms with Crippen molar-refractivity contribution in [1.82, 2.24) is 19.9 Å². The molecule has 0 amide bonds. The maximum atomic E-state index is 15.6. The summed E-state index contributed by atoms with van der Waals surface area (Å²) in [7, 11) is 3.55. The van der Waals surface area contributed by atoms with Crippen LogP contribution >= 0.6 is 22.9 Å². The summed E-state index contributed by atoms with van der Waals surface area (Å²) < 4.78 is 35.1. The Labute approximate surface area is 210 Å². The first kappa shape index (κ1) is 25.2. The number of benzene rings is 2. The molecule has 4 aromatic rings. The van der Waals surface area contributed by atoms with Crippen molar-refractivity contribution in [3.63, 3.8) is 0 Å². The van der Waals surface area contributed by atoms with Crippen molar-refractivity contribution in [3.05, 3.63) is 34.9 Å². The molecule has 2 aromatic carbocycles. The number of nitrogens with one attached hydrogen (secondary N) is 1. The second-order valence-corrected chi connectivity index (χ2v) is 9.49. The first-order valence-electron chi connectivity index (χ1n) is 11.0. The Balaban J connectivity index is 0.000000421. The van der Waals surface area contributed by atoms with Crippen molar-refractivity contribution in [2.75, 3.05) is 51.4 Å². The largest absolute Gasteiger partial charge is 0.467 e. The Bertz CT molecular complexity index is 1360. The first-order valence-corrected chi connectivity index (χ1v) is 12.2. The van der Waals surface area contributed by atoms with E-state index >= 15 is 4.39 Å². The van der Waals surface area contributed by atoms with Gasteiger partial charge in [-0.3, -0.25) is 0 Å². The van der Waals surface area contributed by atoms with Crippen LogP contribution in [0.5, 0.6) is 6.01 Å². The number of fused-ring (bicyclic) bond motifs is 2. The number of nitrogens with two attached hydrogens (primary N) is 2. The fraction of sp³-hybridized carbons (Fsp3) is 0.348. The molecule has 5 rings (SSSR count). The van der Waals surface area contributed by atoms with Crippen LogP contribution in [0.2, 0.25) is 5.02 Å². The van der Waals surface area contributed by atoms with E-state index in [4.69, 9.17) is 27.8 Å². The smallest absolute Gasteiger partial charge is 0.318 e. The second-order valence-electron chi connectivity index (χ2n) is 8.05. The van der Waals surface area contributed by atoms with Gasteiger partial charge in [-0.15, -0.1) is 0 Å². The van der Waals surface area contributed by atoms with E-state index in [2.05, 4.69) is 32.2 Å². The van der Waals surface area contributed by atoms with Gasteiger partial charge in [-0.05, 0) is 51.2 Å². The zero-order valence-electron chi connectivity index (χ0n) is 19.4. The van der Waals surface area contributed by atoms with Gasteiger partial charge in [-0.1, -0.05) is 22.9 Å². The highest BCUT2D eigenvalue weighted by Crippen LogP contribution is 2.42. The van der Waals surface area contributed by atoms with Gasteiger partial charge in [0.15, 0.2) is 10.9 Å². The molecule has 1 aliphatic rings. The number of methoxy groups -OCH3 is 1. The monoisotopic (exact) mass is 521 g/mol. The average Bonchev–Trinajstić information content (AvgIpc) is 3.48. The fourth-order valence-electron chi connectivity index (χ4n) is 3.91. The van der Waals surface area contributed by atoms with Crippen molar-refractivity contribution in [3.8, 4) is 17.1 Å². The van der Waals surface area contributed by atoms with Crippen LogP contribution in [0.15, 0.2) is 18.2 Å². The summed E-state index contributed by atoms with van der Waals surface area (Å²) in [6.07, 6.45) is 2.83. The molecule has 0 aliphatic carbocycles. The number of thiazole rings is 1. The van der Waals surface area contributed by atoms with Crippen LogP contribution in [-0.4, -0.2) is 60.2 Å². The Morgan fingerprint density at radius 2 is 1.91 bits per heavy atom. The number of hydrogen-bond donors (Lipinski definition) is 3. The molecule has 186 valence electrons. The molecule has 0 bridgehead atoms. The number of halogens is 3. The Kier molecular flexibility index (Phi) is 7.80. The summed E-state index contributed by atoms with van der Waals surface area (Å²) in [4.78, 5) is 14.9. The van der Waals surface area contributed by atoms with Crippen LogP contribution in [0.1, 0.15) is 12.8 Å². The van der Waals surface area contributed by atoms with E-state index in [1.165, 1.54) is 45.2 Å². The molecule has 0 saturated carbocycles. The topological polar surface area (TPSA) is 115 Å². The molecule has 0 spiro atoms. The lowest BCUT2D eigenvalue weighted by molar-refractivity contribution is 0.382. The highest BCUT2D eigenvalue weighted by Gasteiger charge is 2.23. The van der Waals surface area contributed by atoms with Crippen LogP contribution in [0, 0.1) is 11.6 Å². The fourth-order valence-corrected chi connectivity index (χ4v) is 4.97. The van der Waals surface area contributed by atoms with E-state index in [1.807, 2.05) is 0 Å². The predicted molar refractivity (Wildman–Crippen MR) is 138 cm³/mol. The molecule has 2 aromatic heterocycles. The summed E-state index contributed by atoms with van der Waals surface area (Å²) in [5, 5.41) is 3.63. The van der Waals surface area contributed by atoms with Crippen molar-refractivity contribution >= 4 is 55.0 Å². The Morgan fingerprint density at radius 3 is 2.54 bits per heavy atom. The van der Waals surface area contributed by atoms with Crippen molar-refractivity contribution in [2.24, 2.45) is 5.73 Å². The SMILES string of the molecule is CN1CCCC1.COc1nc(NCCN)c2cc(Cl)c(-c3ccc(F)c4sc(N)nc34)c(F)c2n1. The van der Waals surface area contributed by atoms with Crippen molar-refractivity contribution in [1.29, 1.82) is 0 Å². The van der Waals surface area contributed by atoms with Gasteiger partial charge in [0.25, 0.3) is 0 Å². The van der Waals surface area contributed by atoms with Gasteiger partial charge in [-0.2, -0.15) is 9.97 Å². The molecule has 1 fully saturated rings. The molecule has 1 aliphatic heterocycles. The third-order valence-electron chi connectivity index (χ3n) is 5.59. The maximum absolute atomic E-state index is 15.6. The number of ether oxygens (including phenoxy) is 1. The number of hydrogen-bond acceptors (Lipinski definition) is 9. The van der Waals surface area contributed by atoms with E-state index in [9.17, 15) is 4.39 Å². The molecule has 8 nitrogen and oxygen atoms in total. The number of likely N-dealkylation sites (tertiary alicyclic amines) is 1. The van der Waals surface area contributed by atoms with Crippen LogP contribution in [0.4, 0.5) is 19.7 Å². The highest BCUT2D eigenvalue weighted by atomic mass is 35.5. The number of nitrogen functional groups attached to an aromatic ring is 1. The van der Waals surface area contributed by atoms with E-state index in [1.54, 1.807) is 6.07 Å². The summed E-state index contributed by atoms with van der Waals surface area (Å²) in [5.74, 6) is -0.859. The number of nitrogens with zero attached hydrogens (tertiary/aromatic N) is 4. The van der Waals surface area contributed by atoms with Gasteiger partial charge >= 0.3 is 6.01 Å². The van der Waals surface area contributed by atoms with E-state index < -0.39 is 11.6 Å². The summed E-state index contributed by atoms with van der Waals surface area (Å²) in [6.45, 7) is 3.40. The van der Waals surface area contributed by atoms with Gasteiger partial charge in [0.1, 0.15) is 17.2 Å². The molecule has 35 heavy (non-hydrogen) atoms. The summed E-state index contributed by atoms with van der Waals surface area (Å²) in [6, 6.07) is 4.16. The molecule has 0 radical (unpaired) electrons. The second kappa shape index (κ2) is 10.8.